The molecule has 106 valence electrons. The Balaban J connectivity index is 1.52. The zero-order chi connectivity index (χ0) is 13.9. The lowest BCUT2D eigenvalue weighted by Gasteiger charge is -2.25. The van der Waals surface area contributed by atoms with Crippen molar-refractivity contribution in [1.82, 2.24) is 15.5 Å². The Labute approximate surface area is 117 Å². The molecule has 0 spiro atoms. The van der Waals surface area contributed by atoms with E-state index < -0.39 is 0 Å². The molecule has 2 atom stereocenters. The number of ether oxygens (including phenoxy) is 1. The SMILES string of the molecule is O=C1CN[C@H]2CN(C(=O)OCc3ccccc3)C[C@@H]2N1. The minimum Gasteiger partial charge on any atom is -0.445 e. The molecule has 0 aliphatic carbocycles. The normalized spacial score (nSPS) is 25.0. The minimum atomic E-state index is -0.334. The van der Waals surface area contributed by atoms with Crippen molar-refractivity contribution in [3.63, 3.8) is 0 Å². The summed E-state index contributed by atoms with van der Waals surface area (Å²) >= 11 is 0. The Morgan fingerprint density at radius 1 is 1.25 bits per heavy atom. The summed E-state index contributed by atoms with van der Waals surface area (Å²) < 4.78 is 5.29. The van der Waals surface area contributed by atoms with Crippen LogP contribution in [0.5, 0.6) is 0 Å². The van der Waals surface area contributed by atoms with Crippen LogP contribution in [0.15, 0.2) is 30.3 Å². The van der Waals surface area contributed by atoms with E-state index in [1.165, 1.54) is 0 Å². The molecule has 0 saturated carbocycles. The first-order valence-corrected chi connectivity index (χ1v) is 6.71. The summed E-state index contributed by atoms with van der Waals surface area (Å²) in [7, 11) is 0. The highest BCUT2D eigenvalue weighted by molar-refractivity contribution is 5.80. The van der Waals surface area contributed by atoms with Gasteiger partial charge in [0.15, 0.2) is 0 Å². The second kappa shape index (κ2) is 5.50. The predicted molar refractivity (Wildman–Crippen MR) is 71.9 cm³/mol. The lowest BCUT2D eigenvalue weighted by Crippen LogP contribution is -2.58. The first-order chi connectivity index (χ1) is 9.72. The van der Waals surface area contributed by atoms with Crippen molar-refractivity contribution in [2.75, 3.05) is 19.6 Å². The van der Waals surface area contributed by atoms with Crippen molar-refractivity contribution in [2.24, 2.45) is 0 Å². The smallest absolute Gasteiger partial charge is 0.410 e. The number of amides is 2. The van der Waals surface area contributed by atoms with Gasteiger partial charge >= 0.3 is 6.09 Å². The largest absolute Gasteiger partial charge is 0.445 e. The van der Waals surface area contributed by atoms with Gasteiger partial charge in [0.2, 0.25) is 5.91 Å². The molecule has 2 amide bonds. The van der Waals surface area contributed by atoms with Crippen molar-refractivity contribution >= 4 is 12.0 Å². The third-order valence-electron chi connectivity index (χ3n) is 3.65. The molecule has 2 saturated heterocycles. The maximum Gasteiger partial charge on any atom is 0.410 e. The third kappa shape index (κ3) is 2.75. The van der Waals surface area contributed by atoms with E-state index in [1.54, 1.807) is 4.90 Å². The number of nitrogens with zero attached hydrogens (tertiary/aromatic N) is 1. The summed E-state index contributed by atoms with van der Waals surface area (Å²) in [5.74, 6) is -0.0225. The van der Waals surface area contributed by atoms with Crippen LogP contribution >= 0.6 is 0 Å². The van der Waals surface area contributed by atoms with Crippen molar-refractivity contribution in [3.8, 4) is 0 Å². The van der Waals surface area contributed by atoms with Gasteiger partial charge in [0.05, 0.1) is 12.6 Å². The van der Waals surface area contributed by atoms with E-state index in [-0.39, 0.29) is 30.7 Å². The Morgan fingerprint density at radius 3 is 2.80 bits per heavy atom. The van der Waals surface area contributed by atoms with E-state index in [0.717, 1.165) is 5.56 Å². The average molecular weight is 275 g/mol. The van der Waals surface area contributed by atoms with Gasteiger partial charge in [0.25, 0.3) is 0 Å². The fraction of sp³-hybridized carbons (Fsp3) is 0.429. The number of carbonyl (C=O) groups is 2. The number of hydrogen-bond donors (Lipinski definition) is 2. The molecule has 2 N–H and O–H groups in total. The minimum absolute atomic E-state index is 0.0134. The summed E-state index contributed by atoms with van der Waals surface area (Å²) in [5, 5.41) is 6.01. The van der Waals surface area contributed by atoms with Crippen LogP contribution in [-0.4, -0.2) is 48.6 Å². The zero-order valence-corrected chi connectivity index (χ0v) is 11.0. The Kier molecular flexibility index (Phi) is 3.56. The van der Waals surface area contributed by atoms with E-state index in [1.807, 2.05) is 30.3 Å². The molecule has 2 heterocycles. The molecule has 0 bridgehead atoms. The van der Waals surface area contributed by atoms with Crippen molar-refractivity contribution in [2.45, 2.75) is 18.7 Å². The molecule has 6 heteroatoms. The number of carbonyl (C=O) groups excluding carboxylic acids is 2. The topological polar surface area (TPSA) is 70.7 Å². The van der Waals surface area contributed by atoms with Crippen LogP contribution in [0.3, 0.4) is 0 Å². The molecule has 6 nitrogen and oxygen atoms in total. The number of piperazine rings is 1. The zero-order valence-electron chi connectivity index (χ0n) is 11.0. The number of nitrogens with one attached hydrogen (secondary N) is 2. The fourth-order valence-corrected chi connectivity index (χ4v) is 2.60. The molecule has 2 aliphatic heterocycles. The van der Waals surface area contributed by atoms with Gasteiger partial charge in [-0.15, -0.1) is 0 Å². The van der Waals surface area contributed by atoms with Gasteiger partial charge in [-0.1, -0.05) is 30.3 Å². The Morgan fingerprint density at radius 2 is 2.00 bits per heavy atom. The lowest BCUT2D eigenvalue weighted by atomic mass is 10.1. The number of benzene rings is 1. The Bertz CT molecular complexity index is 506. The van der Waals surface area contributed by atoms with Gasteiger partial charge in [0.1, 0.15) is 6.61 Å². The van der Waals surface area contributed by atoms with Gasteiger partial charge in [-0.05, 0) is 5.56 Å². The van der Waals surface area contributed by atoms with Gasteiger partial charge in [-0.25, -0.2) is 4.79 Å². The molecule has 2 aliphatic rings. The van der Waals surface area contributed by atoms with Gasteiger partial charge in [-0.2, -0.15) is 0 Å². The molecule has 2 fully saturated rings. The van der Waals surface area contributed by atoms with Crippen LogP contribution in [0.1, 0.15) is 5.56 Å². The van der Waals surface area contributed by atoms with Gasteiger partial charge in [-0.3, -0.25) is 4.79 Å². The summed E-state index contributed by atoms with van der Waals surface area (Å²) in [6, 6.07) is 9.68. The van der Waals surface area contributed by atoms with Crippen LogP contribution in [0.25, 0.3) is 0 Å². The molecule has 3 rings (SSSR count). The van der Waals surface area contributed by atoms with Crippen LogP contribution in [0, 0.1) is 0 Å². The highest BCUT2D eigenvalue weighted by Crippen LogP contribution is 2.14. The number of hydrogen-bond acceptors (Lipinski definition) is 4. The molecule has 1 aromatic rings. The average Bonchev–Trinajstić information content (AvgIpc) is 2.89. The molecule has 0 unspecified atom stereocenters. The van der Waals surface area contributed by atoms with Crippen LogP contribution in [0.4, 0.5) is 4.79 Å². The monoisotopic (exact) mass is 275 g/mol. The number of rotatable bonds is 2. The van der Waals surface area contributed by atoms with Gasteiger partial charge in [0, 0.05) is 19.1 Å². The number of fused-ring (bicyclic) bond motifs is 1. The van der Waals surface area contributed by atoms with E-state index >= 15 is 0 Å². The molecule has 0 aromatic heterocycles. The second-order valence-electron chi connectivity index (χ2n) is 5.11. The van der Waals surface area contributed by atoms with Crippen molar-refractivity contribution in [3.05, 3.63) is 35.9 Å². The maximum atomic E-state index is 12.0. The Hall–Kier alpha value is -2.08. The van der Waals surface area contributed by atoms with Crippen LogP contribution < -0.4 is 10.6 Å². The summed E-state index contributed by atoms with van der Waals surface area (Å²) in [4.78, 5) is 24.9. The predicted octanol–water partition coefficient (Wildman–Crippen LogP) is 0.0954. The summed E-state index contributed by atoms with van der Waals surface area (Å²) in [6.07, 6.45) is -0.334. The van der Waals surface area contributed by atoms with Crippen molar-refractivity contribution < 1.29 is 14.3 Å². The summed E-state index contributed by atoms with van der Waals surface area (Å²) in [5.41, 5.74) is 0.962. The quantitative estimate of drug-likeness (QED) is 0.803. The second-order valence-corrected chi connectivity index (χ2v) is 5.11. The molecule has 0 radical (unpaired) electrons. The standard InChI is InChI=1S/C14H17N3O3/c18-13-6-15-11-7-17(8-12(11)16-13)14(19)20-9-10-4-2-1-3-5-10/h1-5,11-12,15H,6-9H2,(H,16,18)/t11-,12-/m0/s1. The number of likely N-dealkylation sites (tertiary alicyclic amines) is 1. The first-order valence-electron chi connectivity index (χ1n) is 6.71. The van der Waals surface area contributed by atoms with E-state index in [0.29, 0.717) is 19.6 Å². The highest BCUT2D eigenvalue weighted by atomic mass is 16.6. The highest BCUT2D eigenvalue weighted by Gasteiger charge is 2.39. The molecular weight excluding hydrogens is 258 g/mol. The maximum absolute atomic E-state index is 12.0. The van der Waals surface area contributed by atoms with E-state index in [9.17, 15) is 9.59 Å². The van der Waals surface area contributed by atoms with Crippen molar-refractivity contribution in [1.29, 1.82) is 0 Å². The molecule has 20 heavy (non-hydrogen) atoms. The first kappa shape index (κ1) is 12.9. The van der Waals surface area contributed by atoms with Gasteiger partial charge < -0.3 is 20.3 Å². The van der Waals surface area contributed by atoms with E-state index in [4.69, 9.17) is 4.74 Å². The molecule has 1 aromatic carbocycles. The van der Waals surface area contributed by atoms with Crippen LogP contribution in [0.2, 0.25) is 0 Å². The molecular formula is C14H17N3O3. The fourth-order valence-electron chi connectivity index (χ4n) is 2.60. The lowest BCUT2D eigenvalue weighted by molar-refractivity contribution is -0.122. The van der Waals surface area contributed by atoms with Crippen LogP contribution in [-0.2, 0) is 16.1 Å². The summed E-state index contributed by atoms with van der Waals surface area (Å²) in [6.45, 7) is 1.65. The third-order valence-corrected chi connectivity index (χ3v) is 3.65. The van der Waals surface area contributed by atoms with E-state index in [2.05, 4.69) is 10.6 Å².